The Morgan fingerprint density at radius 2 is 1.03 bits per heavy atom. The third-order valence-electron chi connectivity index (χ3n) is 6.04. The molecule has 1 aliphatic heterocycles. The molecule has 2 heteroatoms. The van der Waals surface area contributed by atoms with Gasteiger partial charge >= 0.3 is 0 Å². The number of allylic oxidation sites excluding steroid dienone is 5. The Morgan fingerprint density at radius 1 is 0.559 bits per heavy atom. The summed E-state index contributed by atoms with van der Waals surface area (Å²) in [6.45, 7) is 2.03. The minimum absolute atomic E-state index is 0.0515. The van der Waals surface area contributed by atoms with Crippen LogP contribution in [0.15, 0.2) is 139 Å². The molecule has 0 unspecified atom stereocenters. The second-order valence-electron chi connectivity index (χ2n) is 8.23. The van der Waals surface area contributed by atoms with E-state index in [4.69, 9.17) is 0 Å². The Bertz CT molecular complexity index is 1380. The van der Waals surface area contributed by atoms with Crippen LogP contribution in [0.4, 0.5) is 0 Å². The van der Waals surface area contributed by atoms with E-state index in [1.807, 2.05) is 96.8 Å². The van der Waals surface area contributed by atoms with Gasteiger partial charge in [0, 0.05) is 16.8 Å². The molecule has 34 heavy (non-hydrogen) atoms. The standard InChI is InChI=1S/C32H25NO/c1-24-30(26-16-8-3-9-17-26)22-29(25-14-6-2-7-15-25)23-31(27-18-10-4-11-19-27)33(24)32(34)28-20-12-5-13-21-28/h2-23H,1H3. The molecule has 0 atom stereocenters. The summed E-state index contributed by atoms with van der Waals surface area (Å²) in [7, 11) is 0. The van der Waals surface area contributed by atoms with E-state index in [0.29, 0.717) is 5.56 Å². The third kappa shape index (κ3) is 4.26. The van der Waals surface area contributed by atoms with E-state index in [9.17, 15) is 4.79 Å². The summed E-state index contributed by atoms with van der Waals surface area (Å²) in [6.07, 6.45) is 4.33. The highest BCUT2D eigenvalue weighted by atomic mass is 16.2. The first kappa shape index (κ1) is 21.4. The molecule has 0 fully saturated rings. The number of carbonyl (C=O) groups is 1. The molecule has 0 aromatic heterocycles. The van der Waals surface area contributed by atoms with Gasteiger partial charge in [0.25, 0.3) is 5.91 Å². The van der Waals surface area contributed by atoms with Crippen LogP contribution in [0.3, 0.4) is 0 Å². The molecule has 0 bridgehead atoms. The van der Waals surface area contributed by atoms with Crippen molar-refractivity contribution < 1.29 is 4.79 Å². The molecule has 5 rings (SSSR count). The molecule has 0 N–H and O–H groups in total. The Balaban J connectivity index is 1.79. The summed E-state index contributed by atoms with van der Waals surface area (Å²) < 4.78 is 0. The molecule has 1 amide bonds. The Hall–Kier alpha value is -4.43. The summed E-state index contributed by atoms with van der Waals surface area (Å²) in [4.78, 5) is 15.9. The van der Waals surface area contributed by atoms with Crippen molar-refractivity contribution in [2.24, 2.45) is 0 Å². The van der Waals surface area contributed by atoms with Gasteiger partial charge in [0.05, 0.1) is 5.70 Å². The molecule has 2 nitrogen and oxygen atoms in total. The van der Waals surface area contributed by atoms with E-state index in [-0.39, 0.29) is 5.91 Å². The fourth-order valence-corrected chi connectivity index (χ4v) is 4.31. The molecule has 0 radical (unpaired) electrons. The smallest absolute Gasteiger partial charge is 0.262 e. The van der Waals surface area contributed by atoms with Gasteiger partial charge in [0.2, 0.25) is 0 Å². The van der Waals surface area contributed by atoms with Crippen LogP contribution in [0.1, 0.15) is 34.0 Å². The Labute approximate surface area is 200 Å². The first-order valence-electron chi connectivity index (χ1n) is 11.4. The summed E-state index contributed by atoms with van der Waals surface area (Å²) in [5.74, 6) is -0.0515. The number of hydrogen-bond donors (Lipinski definition) is 0. The number of nitrogens with zero attached hydrogens (tertiary/aromatic N) is 1. The summed E-state index contributed by atoms with van der Waals surface area (Å²) >= 11 is 0. The van der Waals surface area contributed by atoms with Gasteiger partial charge in [0.15, 0.2) is 0 Å². The van der Waals surface area contributed by atoms with E-state index in [2.05, 4.69) is 48.6 Å². The quantitative estimate of drug-likeness (QED) is 0.319. The fourth-order valence-electron chi connectivity index (χ4n) is 4.31. The van der Waals surface area contributed by atoms with Crippen molar-refractivity contribution in [3.8, 4) is 0 Å². The van der Waals surface area contributed by atoms with Crippen LogP contribution in [0.5, 0.6) is 0 Å². The maximum Gasteiger partial charge on any atom is 0.262 e. The Kier molecular flexibility index (Phi) is 6.05. The van der Waals surface area contributed by atoms with Gasteiger partial charge < -0.3 is 0 Å². The number of carbonyl (C=O) groups excluding carboxylic acids is 1. The van der Waals surface area contributed by atoms with Crippen LogP contribution in [0.2, 0.25) is 0 Å². The van der Waals surface area contributed by atoms with Gasteiger partial charge in [-0.15, -0.1) is 0 Å². The zero-order valence-electron chi connectivity index (χ0n) is 19.1. The lowest BCUT2D eigenvalue weighted by molar-refractivity contribution is 0.0869. The van der Waals surface area contributed by atoms with Crippen molar-refractivity contribution in [1.29, 1.82) is 0 Å². The number of hydrogen-bond acceptors (Lipinski definition) is 1. The van der Waals surface area contributed by atoms with Crippen molar-refractivity contribution >= 4 is 22.8 Å². The summed E-state index contributed by atoms with van der Waals surface area (Å²) in [6, 6.07) is 40.2. The monoisotopic (exact) mass is 439 g/mol. The van der Waals surface area contributed by atoms with Gasteiger partial charge in [-0.25, -0.2) is 0 Å². The highest BCUT2D eigenvalue weighted by Crippen LogP contribution is 2.37. The van der Waals surface area contributed by atoms with Crippen molar-refractivity contribution in [3.05, 3.63) is 161 Å². The Morgan fingerprint density at radius 3 is 1.59 bits per heavy atom. The molecule has 4 aromatic carbocycles. The van der Waals surface area contributed by atoms with Crippen LogP contribution in [0.25, 0.3) is 16.8 Å². The average molecular weight is 440 g/mol. The van der Waals surface area contributed by atoms with Gasteiger partial charge in [-0.3, -0.25) is 9.69 Å². The second-order valence-corrected chi connectivity index (χ2v) is 8.23. The first-order chi connectivity index (χ1) is 16.7. The maximum absolute atomic E-state index is 14.0. The molecular formula is C32H25NO. The molecule has 0 aliphatic carbocycles. The zero-order chi connectivity index (χ0) is 23.3. The topological polar surface area (TPSA) is 20.3 Å². The van der Waals surface area contributed by atoms with E-state index < -0.39 is 0 Å². The molecular weight excluding hydrogens is 414 g/mol. The average Bonchev–Trinajstić information content (AvgIpc) is 3.07. The lowest BCUT2D eigenvalue weighted by Gasteiger charge is -2.27. The SMILES string of the molecule is CC1=C(c2ccccc2)C=C(c2ccccc2)C=C(c2ccccc2)N1C(=O)c1ccccc1. The largest absolute Gasteiger partial charge is 0.280 e. The van der Waals surface area contributed by atoms with Crippen LogP contribution < -0.4 is 0 Å². The molecule has 1 heterocycles. The molecule has 164 valence electrons. The van der Waals surface area contributed by atoms with Crippen LogP contribution >= 0.6 is 0 Å². The van der Waals surface area contributed by atoms with E-state index in [1.54, 1.807) is 0 Å². The third-order valence-corrected chi connectivity index (χ3v) is 6.04. The van der Waals surface area contributed by atoms with Gasteiger partial charge in [-0.1, -0.05) is 109 Å². The second kappa shape index (κ2) is 9.60. The lowest BCUT2D eigenvalue weighted by Crippen LogP contribution is -2.28. The van der Waals surface area contributed by atoms with Gasteiger partial charge in [-0.2, -0.15) is 0 Å². The minimum atomic E-state index is -0.0515. The summed E-state index contributed by atoms with van der Waals surface area (Å²) in [5, 5.41) is 0. The van der Waals surface area contributed by atoms with Crippen molar-refractivity contribution in [1.82, 2.24) is 4.90 Å². The van der Waals surface area contributed by atoms with E-state index in [0.717, 1.165) is 39.2 Å². The molecule has 0 saturated carbocycles. The number of rotatable bonds is 4. The molecule has 0 spiro atoms. The lowest BCUT2D eigenvalue weighted by atomic mass is 9.98. The van der Waals surface area contributed by atoms with Crippen molar-refractivity contribution in [2.45, 2.75) is 6.92 Å². The zero-order valence-corrected chi connectivity index (χ0v) is 19.1. The first-order valence-corrected chi connectivity index (χ1v) is 11.4. The van der Waals surface area contributed by atoms with Crippen LogP contribution in [-0.2, 0) is 0 Å². The van der Waals surface area contributed by atoms with Gasteiger partial charge in [0.1, 0.15) is 0 Å². The molecule has 0 saturated heterocycles. The molecule has 1 aliphatic rings. The van der Waals surface area contributed by atoms with E-state index in [1.165, 1.54) is 0 Å². The van der Waals surface area contributed by atoms with E-state index >= 15 is 0 Å². The highest BCUT2D eigenvalue weighted by molar-refractivity contribution is 6.06. The predicted octanol–water partition coefficient (Wildman–Crippen LogP) is 7.70. The fraction of sp³-hybridized carbons (Fsp3) is 0.0312. The number of amides is 1. The normalized spacial score (nSPS) is 13.7. The number of benzene rings is 4. The predicted molar refractivity (Wildman–Crippen MR) is 140 cm³/mol. The van der Waals surface area contributed by atoms with Crippen molar-refractivity contribution in [2.75, 3.05) is 0 Å². The van der Waals surface area contributed by atoms with Gasteiger partial charge in [-0.05, 0) is 53.5 Å². The molecule has 4 aromatic rings. The maximum atomic E-state index is 14.0. The van der Waals surface area contributed by atoms with Crippen LogP contribution in [-0.4, -0.2) is 10.8 Å². The van der Waals surface area contributed by atoms with Crippen LogP contribution in [0, 0.1) is 0 Å². The van der Waals surface area contributed by atoms with Crippen molar-refractivity contribution in [3.63, 3.8) is 0 Å². The minimum Gasteiger partial charge on any atom is -0.280 e. The highest BCUT2D eigenvalue weighted by Gasteiger charge is 2.27. The summed E-state index contributed by atoms with van der Waals surface area (Å²) in [5.41, 5.74) is 7.63.